The molecule has 3 rings (SSSR count). The monoisotopic (exact) mass is 331 g/mol. The number of piperazine rings is 1. The van der Waals surface area contributed by atoms with E-state index in [9.17, 15) is 14.4 Å². The van der Waals surface area contributed by atoms with Crippen molar-refractivity contribution < 1.29 is 14.0 Å². The molecule has 1 aliphatic rings. The van der Waals surface area contributed by atoms with Gasteiger partial charge in [-0.05, 0) is 18.2 Å². The Balaban J connectivity index is 1.74. The Morgan fingerprint density at radius 2 is 1.71 bits per heavy atom. The number of hydrogen-bond acceptors (Lipinski definition) is 4. The zero-order chi connectivity index (χ0) is 17.4. The number of rotatable bonds is 2. The van der Waals surface area contributed by atoms with E-state index in [0.29, 0.717) is 42.8 Å². The van der Waals surface area contributed by atoms with Crippen molar-refractivity contribution in [3.05, 3.63) is 34.3 Å². The highest BCUT2D eigenvalue weighted by atomic mass is 16.4. The summed E-state index contributed by atoms with van der Waals surface area (Å²) >= 11 is 0. The SMILES string of the molecule is CC(C)C(=O)N1CCN(C(=O)c2ccc3c(c2)oc(=O)n3C)CC1. The summed E-state index contributed by atoms with van der Waals surface area (Å²) in [4.78, 5) is 39.7. The van der Waals surface area contributed by atoms with Crippen LogP contribution in [0, 0.1) is 5.92 Å². The minimum absolute atomic E-state index is 0.0318. The number of nitrogens with zero attached hydrogens (tertiary/aromatic N) is 3. The van der Waals surface area contributed by atoms with Gasteiger partial charge in [0.05, 0.1) is 5.52 Å². The third-order valence-electron chi connectivity index (χ3n) is 4.41. The molecule has 128 valence electrons. The molecule has 7 heteroatoms. The molecule has 0 atom stereocenters. The molecule has 2 amide bonds. The van der Waals surface area contributed by atoms with Gasteiger partial charge in [0.25, 0.3) is 5.91 Å². The molecule has 2 aromatic rings. The molecule has 1 saturated heterocycles. The summed E-state index contributed by atoms with van der Waals surface area (Å²) in [5, 5.41) is 0. The second kappa shape index (κ2) is 6.14. The Morgan fingerprint density at radius 1 is 1.08 bits per heavy atom. The summed E-state index contributed by atoms with van der Waals surface area (Å²) in [5.74, 6) is -0.472. The van der Waals surface area contributed by atoms with E-state index in [1.807, 2.05) is 13.8 Å². The minimum atomic E-state index is -0.449. The Kier molecular flexibility index (Phi) is 4.17. The van der Waals surface area contributed by atoms with E-state index in [1.165, 1.54) is 4.57 Å². The lowest BCUT2D eigenvalue weighted by atomic mass is 10.1. The maximum Gasteiger partial charge on any atom is 0.419 e. The van der Waals surface area contributed by atoms with Gasteiger partial charge in [-0.25, -0.2) is 4.79 Å². The average molecular weight is 331 g/mol. The number of amides is 2. The van der Waals surface area contributed by atoms with Gasteiger partial charge in [0.15, 0.2) is 5.58 Å². The molecule has 0 radical (unpaired) electrons. The van der Waals surface area contributed by atoms with Crippen molar-refractivity contribution in [1.82, 2.24) is 14.4 Å². The number of carbonyl (C=O) groups is 2. The van der Waals surface area contributed by atoms with E-state index in [2.05, 4.69) is 0 Å². The van der Waals surface area contributed by atoms with E-state index in [-0.39, 0.29) is 17.7 Å². The van der Waals surface area contributed by atoms with Gasteiger partial charge in [0, 0.05) is 44.7 Å². The third kappa shape index (κ3) is 2.81. The number of fused-ring (bicyclic) bond motifs is 1. The predicted octanol–water partition coefficient (Wildman–Crippen LogP) is 1.07. The number of aromatic nitrogens is 1. The van der Waals surface area contributed by atoms with Crippen LogP contribution < -0.4 is 5.76 Å². The van der Waals surface area contributed by atoms with Crippen molar-refractivity contribution in [2.45, 2.75) is 13.8 Å². The van der Waals surface area contributed by atoms with Crippen LogP contribution in [-0.4, -0.2) is 52.4 Å². The largest absolute Gasteiger partial charge is 0.419 e. The maximum atomic E-state index is 12.6. The molecular formula is C17H21N3O4. The normalized spacial score (nSPS) is 15.3. The van der Waals surface area contributed by atoms with Crippen LogP contribution in [-0.2, 0) is 11.8 Å². The molecule has 0 aliphatic carbocycles. The van der Waals surface area contributed by atoms with Gasteiger partial charge < -0.3 is 14.2 Å². The van der Waals surface area contributed by atoms with E-state index in [0.717, 1.165) is 0 Å². The van der Waals surface area contributed by atoms with Gasteiger partial charge in [-0.1, -0.05) is 13.8 Å². The van der Waals surface area contributed by atoms with Crippen molar-refractivity contribution in [3.63, 3.8) is 0 Å². The van der Waals surface area contributed by atoms with Crippen LogP contribution in [0.2, 0.25) is 0 Å². The second-order valence-corrected chi connectivity index (χ2v) is 6.38. The molecule has 1 aliphatic heterocycles. The van der Waals surface area contributed by atoms with E-state index in [1.54, 1.807) is 35.0 Å². The van der Waals surface area contributed by atoms with E-state index >= 15 is 0 Å². The molecule has 0 saturated carbocycles. The topological polar surface area (TPSA) is 75.8 Å². The number of benzene rings is 1. The van der Waals surface area contributed by atoms with Crippen molar-refractivity contribution in [3.8, 4) is 0 Å². The Hall–Kier alpha value is -2.57. The molecular weight excluding hydrogens is 310 g/mol. The van der Waals surface area contributed by atoms with Gasteiger partial charge in [-0.15, -0.1) is 0 Å². The van der Waals surface area contributed by atoms with Gasteiger partial charge in [-0.3, -0.25) is 14.2 Å². The lowest BCUT2D eigenvalue weighted by Crippen LogP contribution is -2.51. The first-order valence-electron chi connectivity index (χ1n) is 8.06. The summed E-state index contributed by atoms with van der Waals surface area (Å²) in [7, 11) is 1.63. The molecule has 0 spiro atoms. The van der Waals surface area contributed by atoms with Crippen LogP contribution in [0.3, 0.4) is 0 Å². The summed E-state index contributed by atoms with van der Waals surface area (Å²) in [6.45, 7) is 5.87. The standard InChI is InChI=1S/C17H21N3O4/c1-11(2)15(21)19-6-8-20(9-7-19)16(22)12-4-5-13-14(10-12)24-17(23)18(13)3/h4-5,10-11H,6-9H2,1-3H3. The summed E-state index contributed by atoms with van der Waals surface area (Å²) in [5.41, 5.74) is 1.55. The van der Waals surface area contributed by atoms with Crippen LogP contribution in [0.25, 0.3) is 11.1 Å². The summed E-state index contributed by atoms with van der Waals surface area (Å²) in [6, 6.07) is 5.02. The quantitative estimate of drug-likeness (QED) is 0.825. The number of hydrogen-bond donors (Lipinski definition) is 0. The molecule has 2 heterocycles. The zero-order valence-electron chi connectivity index (χ0n) is 14.1. The van der Waals surface area contributed by atoms with Crippen LogP contribution >= 0.6 is 0 Å². The third-order valence-corrected chi connectivity index (χ3v) is 4.41. The van der Waals surface area contributed by atoms with E-state index in [4.69, 9.17) is 4.42 Å². The maximum absolute atomic E-state index is 12.6. The van der Waals surface area contributed by atoms with E-state index < -0.39 is 5.76 Å². The Bertz CT molecular complexity index is 841. The van der Waals surface area contributed by atoms with Gasteiger partial charge >= 0.3 is 5.76 Å². The second-order valence-electron chi connectivity index (χ2n) is 6.38. The van der Waals surface area contributed by atoms with Crippen LogP contribution in [0.4, 0.5) is 0 Å². The van der Waals surface area contributed by atoms with Crippen LogP contribution in [0.1, 0.15) is 24.2 Å². The van der Waals surface area contributed by atoms with Gasteiger partial charge in [-0.2, -0.15) is 0 Å². The van der Waals surface area contributed by atoms with Gasteiger partial charge in [0.1, 0.15) is 0 Å². The minimum Gasteiger partial charge on any atom is -0.408 e. The summed E-state index contributed by atoms with van der Waals surface area (Å²) in [6.07, 6.45) is 0. The molecule has 0 bridgehead atoms. The van der Waals surface area contributed by atoms with Crippen molar-refractivity contribution >= 4 is 22.9 Å². The fraction of sp³-hybridized carbons (Fsp3) is 0.471. The molecule has 1 aromatic carbocycles. The van der Waals surface area contributed by atoms with Crippen LogP contribution in [0.5, 0.6) is 0 Å². The highest BCUT2D eigenvalue weighted by Gasteiger charge is 2.26. The van der Waals surface area contributed by atoms with Crippen molar-refractivity contribution in [1.29, 1.82) is 0 Å². The highest BCUT2D eigenvalue weighted by Crippen LogP contribution is 2.17. The lowest BCUT2D eigenvalue weighted by molar-refractivity contribution is -0.135. The Labute approximate surface area is 139 Å². The van der Waals surface area contributed by atoms with Crippen molar-refractivity contribution in [2.75, 3.05) is 26.2 Å². The predicted molar refractivity (Wildman–Crippen MR) is 88.8 cm³/mol. The molecule has 1 aromatic heterocycles. The molecule has 1 fully saturated rings. The number of carbonyl (C=O) groups excluding carboxylic acids is 2. The van der Waals surface area contributed by atoms with Crippen LogP contribution in [0.15, 0.2) is 27.4 Å². The lowest BCUT2D eigenvalue weighted by Gasteiger charge is -2.35. The fourth-order valence-corrected chi connectivity index (χ4v) is 2.94. The van der Waals surface area contributed by atoms with Gasteiger partial charge in [0.2, 0.25) is 5.91 Å². The number of oxazole rings is 1. The molecule has 24 heavy (non-hydrogen) atoms. The highest BCUT2D eigenvalue weighted by molar-refractivity contribution is 5.97. The smallest absolute Gasteiger partial charge is 0.408 e. The van der Waals surface area contributed by atoms with Crippen molar-refractivity contribution in [2.24, 2.45) is 13.0 Å². The first kappa shape index (κ1) is 16.3. The summed E-state index contributed by atoms with van der Waals surface area (Å²) < 4.78 is 6.54. The average Bonchev–Trinajstić information content (AvgIpc) is 2.87. The Morgan fingerprint density at radius 3 is 2.33 bits per heavy atom. The number of aryl methyl sites for hydroxylation is 1. The zero-order valence-corrected chi connectivity index (χ0v) is 14.1. The molecule has 0 unspecified atom stereocenters. The molecule has 0 N–H and O–H groups in total. The first-order chi connectivity index (χ1) is 11.4. The first-order valence-corrected chi connectivity index (χ1v) is 8.06. The fourth-order valence-electron chi connectivity index (χ4n) is 2.94. The molecule has 7 nitrogen and oxygen atoms in total.